The van der Waals surface area contributed by atoms with Gasteiger partial charge in [-0.15, -0.1) is 0 Å². The van der Waals surface area contributed by atoms with Gasteiger partial charge in [0.05, 0.1) is 0 Å². The molecule has 0 atom stereocenters. The van der Waals surface area contributed by atoms with Crippen LogP contribution in [-0.2, 0) is 0 Å². The van der Waals surface area contributed by atoms with Crippen molar-refractivity contribution in [1.82, 2.24) is 10.3 Å². The number of aromatic nitrogens is 1. The maximum atomic E-state index is 11.8. The molecule has 0 saturated heterocycles. The fraction of sp³-hybridized carbons (Fsp3) is 0.583. The Hall–Kier alpha value is -0.770. The molecule has 2 N–H and O–H groups in total. The third kappa shape index (κ3) is 3.37. The first-order valence-corrected chi connectivity index (χ1v) is 6.24. The zero-order chi connectivity index (χ0) is 12.3. The number of aromatic amines is 1. The van der Waals surface area contributed by atoms with Gasteiger partial charge in [-0.2, -0.15) is 0 Å². The van der Waals surface area contributed by atoms with Crippen LogP contribution in [-0.4, -0.2) is 17.4 Å². The molecule has 0 aliphatic rings. The molecule has 0 spiro atoms. The van der Waals surface area contributed by atoms with Crippen molar-refractivity contribution in [2.45, 2.75) is 27.7 Å². The summed E-state index contributed by atoms with van der Waals surface area (Å²) < 4.78 is 0.890. The van der Waals surface area contributed by atoms with Crippen LogP contribution in [0.5, 0.6) is 0 Å². The third-order valence-corrected chi connectivity index (χ3v) is 3.62. The summed E-state index contributed by atoms with van der Waals surface area (Å²) in [5.74, 6) is 0.475. The number of nitrogens with one attached hydrogen (secondary N) is 2. The van der Waals surface area contributed by atoms with Gasteiger partial charge >= 0.3 is 0 Å². The largest absolute Gasteiger partial charge is 0.356 e. The van der Waals surface area contributed by atoms with Gasteiger partial charge < -0.3 is 10.3 Å². The van der Waals surface area contributed by atoms with Gasteiger partial charge in [-0.05, 0) is 33.3 Å². The van der Waals surface area contributed by atoms with Crippen LogP contribution in [0.1, 0.15) is 38.2 Å². The van der Waals surface area contributed by atoms with Gasteiger partial charge in [0, 0.05) is 17.2 Å². The number of hydrogen-bond acceptors (Lipinski definition) is 1. The van der Waals surface area contributed by atoms with Crippen molar-refractivity contribution < 1.29 is 4.79 Å². The molecule has 0 fully saturated rings. The molecule has 3 nitrogen and oxygen atoms in total. The Balaban J connectivity index is 2.54. The second-order valence-corrected chi connectivity index (χ2v) is 5.97. The first-order chi connectivity index (χ1) is 7.33. The minimum Gasteiger partial charge on any atom is -0.356 e. The van der Waals surface area contributed by atoms with Gasteiger partial charge in [-0.1, -0.05) is 27.7 Å². The summed E-state index contributed by atoms with van der Waals surface area (Å²) in [6.45, 7) is 9.32. The van der Waals surface area contributed by atoms with Crippen LogP contribution in [0, 0.1) is 11.3 Å². The molecule has 0 saturated carbocycles. The number of halogens is 1. The van der Waals surface area contributed by atoms with Gasteiger partial charge in [-0.3, -0.25) is 4.79 Å². The van der Waals surface area contributed by atoms with E-state index in [2.05, 4.69) is 53.9 Å². The number of carbonyl (C=O) groups is 1. The lowest BCUT2D eigenvalue weighted by molar-refractivity contribution is 0.0920. The Morgan fingerprint density at radius 2 is 2.19 bits per heavy atom. The second-order valence-electron chi connectivity index (χ2n) is 5.06. The number of rotatable bonds is 4. The molecule has 1 rings (SSSR count). The highest BCUT2D eigenvalue weighted by atomic mass is 79.9. The van der Waals surface area contributed by atoms with Crippen molar-refractivity contribution >= 4 is 21.8 Å². The lowest BCUT2D eigenvalue weighted by Gasteiger charge is -2.29. The highest BCUT2D eigenvalue weighted by Gasteiger charge is 2.23. The third-order valence-electron chi connectivity index (χ3n) is 3.16. The summed E-state index contributed by atoms with van der Waals surface area (Å²) in [6, 6.07) is 1.78. The van der Waals surface area contributed by atoms with Crippen molar-refractivity contribution in [1.29, 1.82) is 0 Å². The van der Waals surface area contributed by atoms with Gasteiger partial charge in [0.25, 0.3) is 5.91 Å². The van der Waals surface area contributed by atoms with Crippen molar-refractivity contribution in [2.24, 2.45) is 11.3 Å². The quantitative estimate of drug-likeness (QED) is 0.877. The van der Waals surface area contributed by atoms with Crippen LogP contribution in [0.2, 0.25) is 0 Å². The molecule has 1 aromatic rings. The van der Waals surface area contributed by atoms with E-state index < -0.39 is 0 Å². The zero-order valence-corrected chi connectivity index (χ0v) is 11.8. The monoisotopic (exact) mass is 286 g/mol. The first kappa shape index (κ1) is 13.3. The van der Waals surface area contributed by atoms with Gasteiger partial charge in [-0.25, -0.2) is 0 Å². The Morgan fingerprint density at radius 3 is 2.62 bits per heavy atom. The van der Waals surface area contributed by atoms with E-state index in [-0.39, 0.29) is 11.3 Å². The van der Waals surface area contributed by atoms with Gasteiger partial charge in [0.2, 0.25) is 0 Å². The summed E-state index contributed by atoms with van der Waals surface area (Å²) >= 11 is 3.30. The van der Waals surface area contributed by atoms with Crippen molar-refractivity contribution in [3.05, 3.63) is 22.4 Å². The molecule has 1 aromatic heterocycles. The smallest absolute Gasteiger partial charge is 0.267 e. The van der Waals surface area contributed by atoms with E-state index in [9.17, 15) is 4.79 Å². The van der Waals surface area contributed by atoms with E-state index in [0.717, 1.165) is 4.47 Å². The minimum atomic E-state index is -0.0561. The van der Waals surface area contributed by atoms with Crippen molar-refractivity contribution in [3.63, 3.8) is 0 Å². The number of amides is 1. The van der Waals surface area contributed by atoms with Crippen LogP contribution in [0.4, 0.5) is 0 Å². The predicted molar refractivity (Wildman–Crippen MR) is 69.4 cm³/mol. The maximum Gasteiger partial charge on any atom is 0.267 e. The fourth-order valence-corrected chi connectivity index (χ4v) is 1.45. The average Bonchev–Trinajstić information content (AvgIpc) is 2.61. The van der Waals surface area contributed by atoms with E-state index in [1.54, 1.807) is 12.3 Å². The molecule has 0 unspecified atom stereocenters. The molecule has 1 amide bonds. The SMILES string of the molecule is CC(C)C(C)(C)CNC(=O)c1cc(Br)c[nH]1. The predicted octanol–water partition coefficient (Wildman–Crippen LogP) is 3.19. The highest BCUT2D eigenvalue weighted by molar-refractivity contribution is 9.10. The minimum absolute atomic E-state index is 0.0561. The molecule has 0 radical (unpaired) electrons. The van der Waals surface area contributed by atoms with E-state index in [1.807, 2.05) is 0 Å². The first-order valence-electron chi connectivity index (χ1n) is 5.45. The van der Waals surface area contributed by atoms with Crippen LogP contribution in [0.3, 0.4) is 0 Å². The van der Waals surface area contributed by atoms with E-state index >= 15 is 0 Å². The lowest BCUT2D eigenvalue weighted by Crippen LogP contribution is -2.37. The van der Waals surface area contributed by atoms with Crippen LogP contribution >= 0.6 is 15.9 Å². The molecular weight excluding hydrogens is 268 g/mol. The highest BCUT2D eigenvalue weighted by Crippen LogP contribution is 2.24. The van der Waals surface area contributed by atoms with Crippen molar-refractivity contribution in [3.8, 4) is 0 Å². The Kier molecular flexibility index (Phi) is 4.19. The molecule has 90 valence electrons. The molecule has 0 aliphatic heterocycles. The summed E-state index contributed by atoms with van der Waals surface area (Å²) in [5, 5.41) is 2.94. The topological polar surface area (TPSA) is 44.9 Å². The van der Waals surface area contributed by atoms with Crippen LogP contribution < -0.4 is 5.32 Å². The lowest BCUT2D eigenvalue weighted by atomic mass is 9.81. The Morgan fingerprint density at radius 1 is 1.56 bits per heavy atom. The van der Waals surface area contributed by atoms with E-state index in [0.29, 0.717) is 18.2 Å². The molecule has 0 aliphatic carbocycles. The standard InChI is InChI=1S/C12H19BrN2O/c1-8(2)12(3,4)7-15-11(16)10-5-9(13)6-14-10/h5-6,8,14H,7H2,1-4H3,(H,15,16). The second kappa shape index (κ2) is 5.04. The molecular formula is C12H19BrN2O. The number of H-pyrrole nitrogens is 1. The maximum absolute atomic E-state index is 11.8. The average molecular weight is 287 g/mol. The molecule has 4 heteroatoms. The van der Waals surface area contributed by atoms with E-state index in [1.165, 1.54) is 0 Å². The molecule has 0 aromatic carbocycles. The summed E-state index contributed by atoms with van der Waals surface area (Å²) in [6.07, 6.45) is 1.75. The molecule has 1 heterocycles. The Labute approximate surface area is 105 Å². The number of hydrogen-bond donors (Lipinski definition) is 2. The van der Waals surface area contributed by atoms with Crippen molar-refractivity contribution in [2.75, 3.05) is 6.54 Å². The van der Waals surface area contributed by atoms with Crippen LogP contribution in [0.25, 0.3) is 0 Å². The van der Waals surface area contributed by atoms with Gasteiger partial charge in [0.1, 0.15) is 5.69 Å². The normalized spacial score (nSPS) is 11.9. The fourth-order valence-electron chi connectivity index (χ4n) is 1.11. The molecule has 0 bridgehead atoms. The van der Waals surface area contributed by atoms with Crippen LogP contribution in [0.15, 0.2) is 16.7 Å². The number of carbonyl (C=O) groups excluding carboxylic acids is 1. The zero-order valence-electron chi connectivity index (χ0n) is 10.2. The van der Waals surface area contributed by atoms with Gasteiger partial charge in [0.15, 0.2) is 0 Å². The Bertz CT molecular complexity index is 369. The summed E-state index contributed by atoms with van der Waals surface area (Å²) in [4.78, 5) is 14.7. The summed E-state index contributed by atoms with van der Waals surface area (Å²) in [7, 11) is 0. The molecule has 16 heavy (non-hydrogen) atoms. The van der Waals surface area contributed by atoms with E-state index in [4.69, 9.17) is 0 Å². The summed E-state index contributed by atoms with van der Waals surface area (Å²) in [5.41, 5.74) is 0.700.